The van der Waals surface area contributed by atoms with Gasteiger partial charge < -0.3 is 5.73 Å². The maximum atomic E-state index is 12.5. The first-order chi connectivity index (χ1) is 9.07. The van der Waals surface area contributed by atoms with Crippen LogP contribution in [0.2, 0.25) is 0 Å². The van der Waals surface area contributed by atoms with E-state index in [1.54, 1.807) is 0 Å². The fraction of sp³-hybridized carbons (Fsp3) is 0.786. The van der Waals surface area contributed by atoms with Crippen LogP contribution in [0, 0.1) is 11.3 Å². The van der Waals surface area contributed by atoms with Crippen molar-refractivity contribution in [3.63, 3.8) is 0 Å². The highest BCUT2D eigenvalue weighted by atomic mass is 16.1. The molecule has 1 aromatic heterocycles. The van der Waals surface area contributed by atoms with Gasteiger partial charge in [0, 0.05) is 18.5 Å². The molecule has 0 saturated heterocycles. The quantitative estimate of drug-likeness (QED) is 0.846. The number of nitrogens with two attached hydrogens (primary N) is 1. The van der Waals surface area contributed by atoms with Crippen molar-refractivity contribution in [2.24, 2.45) is 17.1 Å². The molecule has 0 unspecified atom stereocenters. The minimum atomic E-state index is -0.297. The van der Waals surface area contributed by atoms with Gasteiger partial charge in [0.05, 0.1) is 6.42 Å². The zero-order valence-electron chi connectivity index (χ0n) is 11.9. The molecule has 2 rings (SSSR count). The Kier molecular flexibility index (Phi) is 4.34. The first-order valence-corrected chi connectivity index (χ1v) is 7.17. The monoisotopic (exact) mass is 264 g/mol. The minimum absolute atomic E-state index is 0.241. The van der Waals surface area contributed by atoms with Gasteiger partial charge in [0.1, 0.15) is 17.9 Å². The maximum Gasteiger partial charge on any atom is 0.147 e. The standard InChI is InChI=1S/C14H24N4O/c1-11(2)8-18-13(16-10-17-18)7-12(19)14(9-15)5-3-4-6-14/h10-11H,3-9,15H2,1-2H3. The lowest BCUT2D eigenvalue weighted by Gasteiger charge is -2.25. The summed E-state index contributed by atoms with van der Waals surface area (Å²) in [5, 5.41) is 4.21. The van der Waals surface area contributed by atoms with Gasteiger partial charge in [0.15, 0.2) is 0 Å². The minimum Gasteiger partial charge on any atom is -0.329 e. The van der Waals surface area contributed by atoms with E-state index >= 15 is 0 Å². The van der Waals surface area contributed by atoms with Crippen molar-refractivity contribution in [2.45, 2.75) is 52.5 Å². The maximum absolute atomic E-state index is 12.5. The van der Waals surface area contributed by atoms with E-state index in [9.17, 15) is 4.79 Å². The molecular weight excluding hydrogens is 240 g/mol. The van der Waals surface area contributed by atoms with Crippen LogP contribution in [-0.2, 0) is 17.8 Å². The molecule has 0 aromatic carbocycles. The van der Waals surface area contributed by atoms with Crippen molar-refractivity contribution in [1.29, 1.82) is 0 Å². The molecular formula is C14H24N4O. The Balaban J connectivity index is 2.08. The van der Waals surface area contributed by atoms with Gasteiger partial charge in [-0.3, -0.25) is 4.79 Å². The lowest BCUT2D eigenvalue weighted by atomic mass is 9.80. The van der Waals surface area contributed by atoms with Crippen molar-refractivity contribution in [2.75, 3.05) is 6.54 Å². The summed E-state index contributed by atoms with van der Waals surface area (Å²) in [5.74, 6) is 1.51. The molecule has 0 amide bonds. The van der Waals surface area contributed by atoms with Crippen molar-refractivity contribution >= 4 is 5.78 Å². The Morgan fingerprint density at radius 1 is 1.47 bits per heavy atom. The third kappa shape index (κ3) is 3.03. The molecule has 5 heteroatoms. The van der Waals surface area contributed by atoms with E-state index in [2.05, 4.69) is 23.9 Å². The molecule has 1 fully saturated rings. The highest BCUT2D eigenvalue weighted by Gasteiger charge is 2.39. The molecule has 1 saturated carbocycles. The van der Waals surface area contributed by atoms with E-state index in [1.807, 2.05) is 4.68 Å². The average Bonchev–Trinajstić information content (AvgIpc) is 2.99. The molecule has 0 spiro atoms. The summed E-state index contributed by atoms with van der Waals surface area (Å²) < 4.78 is 1.85. The number of carbonyl (C=O) groups excluding carboxylic acids is 1. The Hall–Kier alpha value is -1.23. The van der Waals surface area contributed by atoms with Crippen LogP contribution in [0.25, 0.3) is 0 Å². The fourth-order valence-corrected chi connectivity index (χ4v) is 2.90. The second-order valence-electron chi connectivity index (χ2n) is 6.04. The Morgan fingerprint density at radius 3 is 2.74 bits per heavy atom. The summed E-state index contributed by atoms with van der Waals surface area (Å²) in [5.41, 5.74) is 5.56. The molecule has 2 N–H and O–H groups in total. The van der Waals surface area contributed by atoms with Gasteiger partial charge in [-0.15, -0.1) is 0 Å². The van der Waals surface area contributed by atoms with Gasteiger partial charge in [0.2, 0.25) is 0 Å². The van der Waals surface area contributed by atoms with Crippen LogP contribution >= 0.6 is 0 Å². The first-order valence-electron chi connectivity index (χ1n) is 7.17. The molecule has 106 valence electrons. The van der Waals surface area contributed by atoms with E-state index in [4.69, 9.17) is 5.73 Å². The number of hydrogen-bond donors (Lipinski definition) is 1. The van der Waals surface area contributed by atoms with Gasteiger partial charge in [-0.2, -0.15) is 5.10 Å². The van der Waals surface area contributed by atoms with Gasteiger partial charge in [0.25, 0.3) is 0 Å². The Bertz CT molecular complexity index is 432. The van der Waals surface area contributed by atoms with Gasteiger partial charge in [-0.1, -0.05) is 26.7 Å². The fourth-order valence-electron chi connectivity index (χ4n) is 2.90. The second kappa shape index (κ2) is 5.82. The number of ketones is 1. The second-order valence-corrected chi connectivity index (χ2v) is 6.04. The summed E-state index contributed by atoms with van der Waals surface area (Å²) in [4.78, 5) is 16.8. The number of rotatable bonds is 6. The molecule has 5 nitrogen and oxygen atoms in total. The Labute approximate surface area is 114 Å². The summed E-state index contributed by atoms with van der Waals surface area (Å²) in [7, 11) is 0. The van der Waals surface area contributed by atoms with Crippen LogP contribution < -0.4 is 5.73 Å². The molecule has 0 bridgehead atoms. The van der Waals surface area contributed by atoms with Crippen LogP contribution in [0.1, 0.15) is 45.4 Å². The molecule has 1 aliphatic carbocycles. The number of nitrogens with zero attached hydrogens (tertiary/aromatic N) is 3. The highest BCUT2D eigenvalue weighted by Crippen LogP contribution is 2.38. The highest BCUT2D eigenvalue weighted by molar-refractivity contribution is 5.86. The number of aromatic nitrogens is 3. The van der Waals surface area contributed by atoms with Crippen LogP contribution in [0.4, 0.5) is 0 Å². The van der Waals surface area contributed by atoms with Crippen LogP contribution in [0.15, 0.2) is 6.33 Å². The zero-order chi connectivity index (χ0) is 13.9. The van der Waals surface area contributed by atoms with Gasteiger partial charge >= 0.3 is 0 Å². The first kappa shape index (κ1) is 14.2. The van der Waals surface area contributed by atoms with Crippen LogP contribution in [-0.4, -0.2) is 27.1 Å². The lowest BCUT2D eigenvalue weighted by Crippen LogP contribution is -2.37. The van der Waals surface area contributed by atoms with Crippen LogP contribution in [0.5, 0.6) is 0 Å². The predicted octanol–water partition coefficient (Wildman–Crippen LogP) is 1.56. The normalized spacial score (nSPS) is 18.1. The summed E-state index contributed by atoms with van der Waals surface area (Å²) in [6.45, 7) is 5.53. The van der Waals surface area contributed by atoms with Crippen molar-refractivity contribution in [1.82, 2.24) is 14.8 Å². The van der Waals surface area contributed by atoms with E-state index < -0.39 is 0 Å². The molecule has 19 heavy (non-hydrogen) atoms. The number of Topliss-reactive ketones (excluding diaryl/α,β-unsaturated/α-hetero) is 1. The SMILES string of the molecule is CC(C)Cn1ncnc1CC(=O)C1(CN)CCCC1. The predicted molar refractivity (Wildman–Crippen MR) is 73.5 cm³/mol. The van der Waals surface area contributed by atoms with Gasteiger partial charge in [-0.05, 0) is 18.8 Å². The molecule has 1 aromatic rings. The Morgan fingerprint density at radius 2 is 2.16 bits per heavy atom. The van der Waals surface area contributed by atoms with E-state index in [1.165, 1.54) is 6.33 Å². The van der Waals surface area contributed by atoms with Crippen molar-refractivity contribution in [3.05, 3.63) is 12.2 Å². The van der Waals surface area contributed by atoms with Crippen molar-refractivity contribution in [3.8, 4) is 0 Å². The van der Waals surface area contributed by atoms with Crippen LogP contribution in [0.3, 0.4) is 0 Å². The topological polar surface area (TPSA) is 73.8 Å². The van der Waals surface area contributed by atoms with Crippen molar-refractivity contribution < 1.29 is 4.79 Å². The average molecular weight is 264 g/mol. The largest absolute Gasteiger partial charge is 0.329 e. The zero-order valence-corrected chi connectivity index (χ0v) is 11.9. The third-order valence-electron chi connectivity index (χ3n) is 4.10. The molecule has 0 aliphatic heterocycles. The molecule has 1 aliphatic rings. The molecule has 1 heterocycles. The summed E-state index contributed by atoms with van der Waals surface area (Å²) >= 11 is 0. The van der Waals surface area contributed by atoms with E-state index in [-0.39, 0.29) is 11.2 Å². The third-order valence-corrected chi connectivity index (χ3v) is 4.10. The van der Waals surface area contributed by atoms with E-state index in [0.29, 0.717) is 18.9 Å². The lowest BCUT2D eigenvalue weighted by molar-refractivity contribution is -0.127. The van der Waals surface area contributed by atoms with E-state index in [0.717, 1.165) is 38.1 Å². The summed E-state index contributed by atoms with van der Waals surface area (Å²) in [6, 6.07) is 0. The molecule has 0 radical (unpaired) electrons. The smallest absolute Gasteiger partial charge is 0.147 e. The van der Waals surface area contributed by atoms with Gasteiger partial charge in [-0.25, -0.2) is 9.67 Å². The molecule has 0 atom stereocenters. The summed E-state index contributed by atoms with van der Waals surface area (Å²) in [6.07, 6.45) is 5.99. The number of carbonyl (C=O) groups is 1. The number of hydrogen-bond acceptors (Lipinski definition) is 4.